The zero-order valence-electron chi connectivity index (χ0n) is 27.4. The summed E-state index contributed by atoms with van der Waals surface area (Å²) in [4.78, 5) is 34.7. The summed E-state index contributed by atoms with van der Waals surface area (Å²) < 4.78 is 5.60. The first-order chi connectivity index (χ1) is 23.6. The van der Waals surface area contributed by atoms with Crippen LogP contribution in [-0.4, -0.2) is 69.4 Å². The van der Waals surface area contributed by atoms with Gasteiger partial charge in [-0.05, 0) is 56.4 Å². The lowest BCUT2D eigenvalue weighted by atomic mass is 9.90. The van der Waals surface area contributed by atoms with Crippen LogP contribution in [-0.2, 0) is 17.8 Å². The summed E-state index contributed by atoms with van der Waals surface area (Å²) >= 11 is 14.2. The number of halogens is 2. The van der Waals surface area contributed by atoms with Gasteiger partial charge in [0.1, 0.15) is 0 Å². The zero-order valence-corrected chi connectivity index (χ0v) is 28.9. The Hall–Kier alpha value is -4.22. The molecule has 0 saturated carbocycles. The Morgan fingerprint density at radius 3 is 2.24 bits per heavy atom. The summed E-state index contributed by atoms with van der Waals surface area (Å²) in [6.07, 6.45) is 2.35. The lowest BCUT2D eigenvalue weighted by Gasteiger charge is -2.27. The molecule has 1 saturated heterocycles. The first-order valence-electron chi connectivity index (χ1n) is 16.4. The summed E-state index contributed by atoms with van der Waals surface area (Å²) in [5.41, 5.74) is 7.06. The van der Waals surface area contributed by atoms with E-state index in [1.165, 1.54) is 12.0 Å². The van der Waals surface area contributed by atoms with E-state index in [1.807, 2.05) is 42.5 Å². The minimum absolute atomic E-state index is 0.0457. The normalized spacial score (nSPS) is 17.7. The number of ether oxygens (including phenoxy) is 1. The van der Waals surface area contributed by atoms with Crippen LogP contribution >= 0.6 is 23.2 Å². The van der Waals surface area contributed by atoms with Crippen LogP contribution in [0.3, 0.4) is 0 Å². The average Bonchev–Trinajstić information content (AvgIpc) is 3.51. The first kappa shape index (κ1) is 34.6. The topological polar surface area (TPSA) is 137 Å². The Labute approximate surface area is 295 Å². The molecule has 2 aliphatic rings. The Morgan fingerprint density at radius 2 is 1.63 bits per heavy atom. The predicted molar refractivity (Wildman–Crippen MR) is 190 cm³/mol. The van der Waals surface area contributed by atoms with Crippen LogP contribution in [0.15, 0.2) is 60.7 Å². The highest BCUT2D eigenvalue weighted by atomic mass is 35.5. The van der Waals surface area contributed by atoms with E-state index in [1.54, 1.807) is 19.1 Å². The maximum atomic E-state index is 12.1. The van der Waals surface area contributed by atoms with Crippen molar-refractivity contribution in [2.75, 3.05) is 20.2 Å². The summed E-state index contributed by atoms with van der Waals surface area (Å²) in [6, 6.07) is 19.1. The van der Waals surface area contributed by atoms with Crippen molar-refractivity contribution in [2.45, 2.75) is 63.8 Å². The monoisotopic (exact) mass is 703 g/mol. The van der Waals surface area contributed by atoms with Gasteiger partial charge in [-0.15, -0.1) is 0 Å². The standard InChI is InChI=1S/C37H39Cl2N5O5/c1-21(45)18-40-29-10-5-11-30-26(29)14-16-31(42-30)27-8-3-6-24(34(27)38)25-7-4-9-28(35(25)39)32-15-12-22(36(43-32)49-2)19-44(37(47)48)20-23-13-17-33(46)41-23/h3-4,6-9,12,14-16,21,23,29,40,45H,5,10-11,13,17-20H2,1-2H3,(H,41,46)(H,47,48)/t21-,23-,29?/m0/s1. The van der Waals surface area contributed by atoms with Gasteiger partial charge in [-0.25, -0.2) is 9.78 Å². The van der Waals surface area contributed by atoms with Gasteiger partial charge in [-0.3, -0.25) is 9.78 Å². The highest BCUT2D eigenvalue weighted by molar-refractivity contribution is 6.39. The summed E-state index contributed by atoms with van der Waals surface area (Å²) in [6.45, 7) is 2.52. The third-order valence-electron chi connectivity index (χ3n) is 9.08. The number of fused-ring (bicyclic) bond motifs is 1. The third kappa shape index (κ3) is 7.68. The van der Waals surface area contributed by atoms with Gasteiger partial charge in [-0.2, -0.15) is 0 Å². The van der Waals surface area contributed by atoms with Crippen molar-refractivity contribution in [2.24, 2.45) is 0 Å². The van der Waals surface area contributed by atoms with Crippen LogP contribution in [0.2, 0.25) is 10.0 Å². The Kier molecular flexibility index (Phi) is 10.7. The fourth-order valence-electron chi connectivity index (χ4n) is 6.62. The molecule has 3 heterocycles. The van der Waals surface area contributed by atoms with E-state index in [4.69, 9.17) is 37.9 Å². The van der Waals surface area contributed by atoms with E-state index in [-0.39, 0.29) is 37.0 Å². The number of nitrogens with zero attached hydrogens (tertiary/aromatic N) is 3. The molecule has 1 aliphatic carbocycles. The average molecular weight is 705 g/mol. The van der Waals surface area contributed by atoms with Crippen LogP contribution in [0, 0.1) is 0 Å². The number of nitrogens with one attached hydrogen (secondary N) is 2. The van der Waals surface area contributed by atoms with Crippen molar-refractivity contribution < 1.29 is 24.5 Å². The third-order valence-corrected chi connectivity index (χ3v) is 9.89. The van der Waals surface area contributed by atoms with Crippen molar-refractivity contribution in [3.05, 3.63) is 87.5 Å². The number of pyridine rings is 2. The Bertz CT molecular complexity index is 1870. The molecule has 1 aliphatic heterocycles. The molecule has 0 radical (unpaired) electrons. The molecule has 1 fully saturated rings. The SMILES string of the molecule is COc1nc(-c2cccc(-c3cccc(-c4ccc5c(n4)CCCC5NC[C@H](C)O)c3Cl)c2Cl)ccc1CN(C[C@@H]1CCC(=O)N1)C(=O)O. The van der Waals surface area contributed by atoms with Gasteiger partial charge in [-0.1, -0.05) is 65.7 Å². The molecule has 0 spiro atoms. The summed E-state index contributed by atoms with van der Waals surface area (Å²) in [5.74, 6) is 0.209. The number of aromatic nitrogens is 2. The number of carbonyl (C=O) groups excluding carboxylic acids is 1. The first-order valence-corrected chi connectivity index (χ1v) is 17.2. The van der Waals surface area contributed by atoms with Gasteiger partial charge >= 0.3 is 6.09 Å². The predicted octanol–water partition coefficient (Wildman–Crippen LogP) is 6.90. The van der Waals surface area contributed by atoms with Crippen LogP contribution in [0.5, 0.6) is 5.88 Å². The highest BCUT2D eigenvalue weighted by Gasteiger charge is 2.27. The number of methoxy groups -OCH3 is 1. The molecule has 4 aromatic rings. The molecule has 49 heavy (non-hydrogen) atoms. The quantitative estimate of drug-likeness (QED) is 0.132. The molecular formula is C37H39Cl2N5O5. The van der Waals surface area contributed by atoms with Crippen molar-refractivity contribution in [1.82, 2.24) is 25.5 Å². The molecular weight excluding hydrogens is 665 g/mol. The van der Waals surface area contributed by atoms with E-state index in [2.05, 4.69) is 16.7 Å². The molecule has 3 atom stereocenters. The molecule has 10 nitrogen and oxygen atoms in total. The Balaban J connectivity index is 1.27. The largest absolute Gasteiger partial charge is 0.481 e. The van der Waals surface area contributed by atoms with Gasteiger partial charge in [0.2, 0.25) is 11.8 Å². The van der Waals surface area contributed by atoms with Gasteiger partial charge < -0.3 is 30.5 Å². The fourth-order valence-corrected chi connectivity index (χ4v) is 7.27. The number of hydrogen-bond donors (Lipinski definition) is 4. The number of rotatable bonds is 11. The maximum absolute atomic E-state index is 12.1. The van der Waals surface area contributed by atoms with Crippen LogP contribution < -0.4 is 15.4 Å². The number of aliphatic hydroxyl groups is 1. The van der Waals surface area contributed by atoms with Crippen molar-refractivity contribution in [3.8, 4) is 39.5 Å². The second-order valence-electron chi connectivity index (χ2n) is 12.6. The van der Waals surface area contributed by atoms with E-state index in [0.29, 0.717) is 46.3 Å². The van der Waals surface area contributed by atoms with Crippen molar-refractivity contribution in [1.29, 1.82) is 0 Å². The molecule has 2 aromatic carbocycles. The minimum atomic E-state index is -1.10. The lowest BCUT2D eigenvalue weighted by Crippen LogP contribution is -2.41. The molecule has 4 N–H and O–H groups in total. The number of aliphatic hydroxyl groups excluding tert-OH is 1. The number of aryl methyl sites for hydroxylation is 1. The molecule has 6 rings (SSSR count). The number of hydrogen-bond acceptors (Lipinski definition) is 7. The van der Waals surface area contributed by atoms with Gasteiger partial charge in [0.15, 0.2) is 0 Å². The van der Waals surface area contributed by atoms with E-state index in [0.717, 1.165) is 52.9 Å². The molecule has 0 bridgehead atoms. The summed E-state index contributed by atoms with van der Waals surface area (Å²) in [7, 11) is 1.49. The number of benzene rings is 2. The van der Waals surface area contributed by atoms with Crippen LogP contribution in [0.4, 0.5) is 4.79 Å². The van der Waals surface area contributed by atoms with Crippen molar-refractivity contribution in [3.63, 3.8) is 0 Å². The van der Waals surface area contributed by atoms with E-state index >= 15 is 0 Å². The van der Waals surface area contributed by atoms with E-state index in [9.17, 15) is 19.8 Å². The van der Waals surface area contributed by atoms with Gasteiger partial charge in [0, 0.05) is 65.1 Å². The molecule has 12 heteroatoms. The number of carboxylic acid groups (broad SMARTS) is 1. The number of amides is 2. The minimum Gasteiger partial charge on any atom is -0.481 e. The fraction of sp³-hybridized carbons (Fsp3) is 0.351. The highest BCUT2D eigenvalue weighted by Crippen LogP contribution is 2.42. The Morgan fingerprint density at radius 1 is 0.980 bits per heavy atom. The molecule has 1 unspecified atom stereocenters. The smallest absolute Gasteiger partial charge is 0.407 e. The molecule has 2 aromatic heterocycles. The summed E-state index contributed by atoms with van der Waals surface area (Å²) in [5, 5.41) is 26.9. The maximum Gasteiger partial charge on any atom is 0.407 e. The lowest BCUT2D eigenvalue weighted by molar-refractivity contribution is -0.119. The van der Waals surface area contributed by atoms with Crippen LogP contribution in [0.1, 0.15) is 55.5 Å². The molecule has 256 valence electrons. The number of carbonyl (C=O) groups is 2. The van der Waals surface area contributed by atoms with E-state index < -0.39 is 12.2 Å². The molecule has 2 amide bonds. The second-order valence-corrected chi connectivity index (χ2v) is 13.4. The van der Waals surface area contributed by atoms with Crippen LogP contribution in [0.25, 0.3) is 33.6 Å². The van der Waals surface area contributed by atoms with Gasteiger partial charge in [0.05, 0.1) is 41.2 Å². The zero-order chi connectivity index (χ0) is 34.7. The second kappa shape index (κ2) is 15.1. The van der Waals surface area contributed by atoms with Crippen molar-refractivity contribution >= 4 is 35.2 Å². The van der Waals surface area contributed by atoms with Gasteiger partial charge in [0.25, 0.3) is 0 Å².